The summed E-state index contributed by atoms with van der Waals surface area (Å²) >= 11 is 0. The largest absolute Gasteiger partial charge is 0.494 e. The Hall–Kier alpha value is -3.67. The van der Waals surface area contributed by atoms with Crippen molar-refractivity contribution < 1.29 is 13.5 Å². The highest BCUT2D eigenvalue weighted by Gasteiger charge is 2.21. The first-order chi connectivity index (χ1) is 14.2. The minimum atomic E-state index is -0.432. The maximum atomic E-state index is 13.4. The van der Waals surface area contributed by atoms with Gasteiger partial charge in [0.25, 0.3) is 0 Å². The molecule has 0 radical (unpaired) electrons. The molecule has 0 bridgehead atoms. The van der Waals surface area contributed by atoms with Gasteiger partial charge in [-0.2, -0.15) is 0 Å². The molecule has 1 heterocycles. The van der Waals surface area contributed by atoms with Gasteiger partial charge in [0, 0.05) is 11.3 Å². The molecule has 4 aromatic rings. The fraction of sp³-hybridized carbons (Fsp3) is 0.130. The van der Waals surface area contributed by atoms with E-state index < -0.39 is 6.04 Å². The maximum Gasteiger partial charge on any atom is 0.247 e. The first-order valence-corrected chi connectivity index (χ1v) is 9.36. The summed E-state index contributed by atoms with van der Waals surface area (Å²) in [5.74, 6) is 1.31. The van der Waals surface area contributed by atoms with Gasteiger partial charge in [-0.15, -0.1) is 10.2 Å². The van der Waals surface area contributed by atoms with E-state index in [-0.39, 0.29) is 5.82 Å². The molecule has 6 heteroatoms. The molecule has 1 aromatic heterocycles. The van der Waals surface area contributed by atoms with Crippen molar-refractivity contribution in [3.63, 3.8) is 0 Å². The van der Waals surface area contributed by atoms with Gasteiger partial charge in [0.1, 0.15) is 17.6 Å². The van der Waals surface area contributed by atoms with E-state index in [9.17, 15) is 4.39 Å². The number of halogens is 1. The second kappa shape index (κ2) is 8.56. The van der Waals surface area contributed by atoms with Crippen molar-refractivity contribution in [2.75, 3.05) is 11.9 Å². The molecule has 0 aliphatic carbocycles. The predicted molar refractivity (Wildman–Crippen MR) is 109 cm³/mol. The molecule has 0 amide bonds. The number of rotatable bonds is 7. The van der Waals surface area contributed by atoms with Crippen LogP contribution in [-0.4, -0.2) is 16.8 Å². The zero-order chi connectivity index (χ0) is 20.1. The third kappa shape index (κ3) is 4.43. The molecule has 0 saturated carbocycles. The molecule has 3 aromatic carbocycles. The van der Waals surface area contributed by atoms with E-state index in [0.717, 1.165) is 22.6 Å². The molecule has 4 rings (SSSR count). The van der Waals surface area contributed by atoms with Gasteiger partial charge in [-0.05, 0) is 61.0 Å². The summed E-state index contributed by atoms with van der Waals surface area (Å²) in [5.41, 5.74) is 2.50. The Labute approximate surface area is 168 Å². The topological polar surface area (TPSA) is 60.2 Å². The number of ether oxygens (including phenoxy) is 1. The summed E-state index contributed by atoms with van der Waals surface area (Å²) in [5, 5.41) is 11.8. The van der Waals surface area contributed by atoms with Crippen molar-refractivity contribution in [1.82, 2.24) is 10.2 Å². The van der Waals surface area contributed by atoms with E-state index >= 15 is 0 Å². The molecular weight excluding hydrogens is 369 g/mol. The SMILES string of the molecule is CCOc1ccc(N[C@H](c2ccc(F)cc2)c2nnc(-c3ccccc3)o2)cc1. The molecule has 0 unspecified atom stereocenters. The number of nitrogens with zero attached hydrogens (tertiary/aromatic N) is 2. The molecule has 0 aliphatic rings. The number of hydrogen-bond acceptors (Lipinski definition) is 5. The van der Waals surface area contributed by atoms with Crippen LogP contribution >= 0.6 is 0 Å². The number of hydrogen-bond donors (Lipinski definition) is 1. The fourth-order valence-corrected chi connectivity index (χ4v) is 2.97. The third-order valence-electron chi connectivity index (χ3n) is 4.39. The number of aromatic nitrogens is 2. The van der Waals surface area contributed by atoms with Gasteiger partial charge >= 0.3 is 0 Å². The highest BCUT2D eigenvalue weighted by Crippen LogP contribution is 2.29. The second-order valence-electron chi connectivity index (χ2n) is 6.40. The molecule has 1 N–H and O–H groups in total. The Morgan fingerprint density at radius 3 is 2.34 bits per heavy atom. The average molecular weight is 389 g/mol. The summed E-state index contributed by atoms with van der Waals surface area (Å²) in [4.78, 5) is 0. The van der Waals surface area contributed by atoms with Crippen LogP contribution in [0, 0.1) is 5.82 Å². The smallest absolute Gasteiger partial charge is 0.247 e. The van der Waals surface area contributed by atoms with Crippen molar-refractivity contribution in [3.8, 4) is 17.2 Å². The van der Waals surface area contributed by atoms with Crippen molar-refractivity contribution >= 4 is 5.69 Å². The van der Waals surface area contributed by atoms with Crippen LogP contribution in [0.25, 0.3) is 11.5 Å². The lowest BCUT2D eigenvalue weighted by Crippen LogP contribution is -2.13. The minimum Gasteiger partial charge on any atom is -0.494 e. The summed E-state index contributed by atoms with van der Waals surface area (Å²) < 4.78 is 24.9. The highest BCUT2D eigenvalue weighted by molar-refractivity contribution is 5.53. The summed E-state index contributed by atoms with van der Waals surface area (Å²) in [6.45, 7) is 2.55. The zero-order valence-corrected chi connectivity index (χ0v) is 15.9. The van der Waals surface area contributed by atoms with Crippen LogP contribution in [0.5, 0.6) is 5.75 Å². The number of benzene rings is 3. The Balaban J connectivity index is 1.65. The zero-order valence-electron chi connectivity index (χ0n) is 15.9. The van der Waals surface area contributed by atoms with Crippen molar-refractivity contribution in [2.45, 2.75) is 13.0 Å². The quantitative estimate of drug-likeness (QED) is 0.454. The van der Waals surface area contributed by atoms with Crippen LogP contribution in [-0.2, 0) is 0 Å². The molecule has 146 valence electrons. The lowest BCUT2D eigenvalue weighted by Gasteiger charge is -2.17. The molecule has 29 heavy (non-hydrogen) atoms. The Bertz CT molecular complexity index is 1050. The fourth-order valence-electron chi connectivity index (χ4n) is 2.97. The van der Waals surface area contributed by atoms with Crippen molar-refractivity contribution in [2.24, 2.45) is 0 Å². The number of nitrogens with one attached hydrogen (secondary N) is 1. The average Bonchev–Trinajstić information content (AvgIpc) is 3.25. The molecule has 0 fully saturated rings. The molecule has 0 saturated heterocycles. The van der Waals surface area contributed by atoms with Crippen LogP contribution in [0.3, 0.4) is 0 Å². The highest BCUT2D eigenvalue weighted by atomic mass is 19.1. The van der Waals surface area contributed by atoms with E-state index in [1.807, 2.05) is 61.5 Å². The number of anilines is 1. The van der Waals surface area contributed by atoms with Gasteiger partial charge in [-0.3, -0.25) is 0 Å². The van der Waals surface area contributed by atoms with Crippen LogP contribution in [0.15, 0.2) is 83.3 Å². The summed E-state index contributed by atoms with van der Waals surface area (Å²) in [7, 11) is 0. The van der Waals surface area contributed by atoms with Gasteiger partial charge in [-0.25, -0.2) is 4.39 Å². The van der Waals surface area contributed by atoms with Gasteiger partial charge in [0.05, 0.1) is 6.61 Å². The Morgan fingerprint density at radius 1 is 0.931 bits per heavy atom. The summed E-state index contributed by atoms with van der Waals surface area (Å²) in [6, 6.07) is 23.0. The third-order valence-corrected chi connectivity index (χ3v) is 4.39. The standard InChI is InChI=1S/C23H20FN3O2/c1-2-28-20-14-12-19(13-15-20)25-21(16-8-10-18(24)11-9-16)23-27-26-22(29-23)17-6-4-3-5-7-17/h3-15,21,25H,2H2,1H3/t21-/m1/s1. The van der Waals surface area contributed by atoms with Crippen LogP contribution in [0.2, 0.25) is 0 Å². The predicted octanol–water partition coefficient (Wildman–Crippen LogP) is 5.48. The first kappa shape index (κ1) is 18.7. The van der Waals surface area contributed by atoms with Crippen LogP contribution in [0.1, 0.15) is 24.4 Å². The molecule has 0 aliphatic heterocycles. The summed E-state index contributed by atoms with van der Waals surface area (Å²) in [6.07, 6.45) is 0. The normalized spacial score (nSPS) is 11.8. The first-order valence-electron chi connectivity index (χ1n) is 9.36. The van der Waals surface area contributed by atoms with E-state index in [1.165, 1.54) is 12.1 Å². The molecular formula is C23H20FN3O2. The lowest BCUT2D eigenvalue weighted by atomic mass is 10.1. The van der Waals surface area contributed by atoms with Gasteiger partial charge in [0.15, 0.2) is 0 Å². The van der Waals surface area contributed by atoms with E-state index in [1.54, 1.807) is 12.1 Å². The van der Waals surface area contributed by atoms with E-state index in [2.05, 4.69) is 15.5 Å². The van der Waals surface area contributed by atoms with Crippen LogP contribution < -0.4 is 10.1 Å². The molecule has 0 spiro atoms. The van der Waals surface area contributed by atoms with Crippen LogP contribution in [0.4, 0.5) is 10.1 Å². The Morgan fingerprint density at radius 2 is 1.66 bits per heavy atom. The van der Waals surface area contributed by atoms with Gasteiger partial charge < -0.3 is 14.5 Å². The Kier molecular flexibility index (Phi) is 5.52. The van der Waals surface area contributed by atoms with Gasteiger partial charge in [0.2, 0.25) is 11.8 Å². The van der Waals surface area contributed by atoms with Gasteiger partial charge in [-0.1, -0.05) is 30.3 Å². The second-order valence-corrected chi connectivity index (χ2v) is 6.40. The van der Waals surface area contributed by atoms with E-state index in [0.29, 0.717) is 18.4 Å². The maximum absolute atomic E-state index is 13.4. The lowest BCUT2D eigenvalue weighted by molar-refractivity contribution is 0.340. The monoisotopic (exact) mass is 389 g/mol. The van der Waals surface area contributed by atoms with E-state index in [4.69, 9.17) is 9.15 Å². The molecule has 1 atom stereocenters. The van der Waals surface area contributed by atoms with Crippen molar-refractivity contribution in [1.29, 1.82) is 0 Å². The molecule has 5 nitrogen and oxygen atoms in total. The van der Waals surface area contributed by atoms with Crippen molar-refractivity contribution in [3.05, 3.63) is 96.1 Å². The minimum absolute atomic E-state index is 0.302.